The summed E-state index contributed by atoms with van der Waals surface area (Å²) in [6.07, 6.45) is 7.57. The van der Waals surface area contributed by atoms with Crippen LogP contribution in [-0.4, -0.2) is 41.6 Å². The summed E-state index contributed by atoms with van der Waals surface area (Å²) in [5, 5.41) is 19.0. The zero-order valence-electron chi connectivity index (χ0n) is 15.0. The Kier molecular flexibility index (Phi) is 6.83. The maximum atomic E-state index is 10.5. The molecular formula is C21H28O5. The minimum atomic E-state index is -0.756. The van der Waals surface area contributed by atoms with E-state index >= 15 is 0 Å². The quantitative estimate of drug-likeness (QED) is 0.494. The van der Waals surface area contributed by atoms with E-state index in [1.54, 1.807) is 0 Å². The minimum Gasteiger partial charge on any atom is -0.481 e. The first-order chi connectivity index (χ1) is 12.6. The van der Waals surface area contributed by atoms with Crippen LogP contribution in [-0.2, 0) is 14.3 Å². The Morgan fingerprint density at radius 3 is 2.77 bits per heavy atom. The van der Waals surface area contributed by atoms with E-state index < -0.39 is 12.1 Å². The Balaban J connectivity index is 1.49. The van der Waals surface area contributed by atoms with Crippen molar-refractivity contribution in [1.82, 2.24) is 0 Å². The highest BCUT2D eigenvalue weighted by atomic mass is 16.5. The van der Waals surface area contributed by atoms with Gasteiger partial charge in [0.15, 0.2) is 0 Å². The molecule has 1 aromatic rings. The van der Waals surface area contributed by atoms with Gasteiger partial charge in [0.2, 0.25) is 0 Å². The zero-order chi connectivity index (χ0) is 18.4. The lowest BCUT2D eigenvalue weighted by Crippen LogP contribution is -2.30. The summed E-state index contributed by atoms with van der Waals surface area (Å²) in [6.45, 7) is 1.22. The van der Waals surface area contributed by atoms with Gasteiger partial charge >= 0.3 is 5.97 Å². The number of unbranched alkanes of at least 4 members (excludes halogenated alkanes) is 1. The Hall–Kier alpha value is -1.69. The van der Waals surface area contributed by atoms with Crippen LogP contribution in [0.15, 0.2) is 42.5 Å². The first-order valence-electron chi connectivity index (χ1n) is 9.51. The maximum absolute atomic E-state index is 10.5. The standard InChI is InChI=1S/C21H28O5/c22-18(15-6-2-1-3-7-15)10-9-16-17(20-12-11-19(16)26-20)14-25-13-5-4-8-21(23)24/h1-3,6-7,9-10,16-20,22H,4-5,8,11-14H2,(H,23,24)/b10-9+/t16-,17+,18?,19-,20+/m0/s1. The molecule has 0 saturated carbocycles. The molecule has 2 saturated heterocycles. The van der Waals surface area contributed by atoms with Gasteiger partial charge in [-0.1, -0.05) is 42.5 Å². The number of aliphatic hydroxyl groups excluding tert-OH is 1. The number of carboxylic acid groups (broad SMARTS) is 1. The van der Waals surface area contributed by atoms with Gasteiger partial charge in [0, 0.05) is 24.9 Å². The van der Waals surface area contributed by atoms with Crippen LogP contribution in [0.5, 0.6) is 0 Å². The number of fused-ring (bicyclic) bond motifs is 2. The summed E-state index contributed by atoms with van der Waals surface area (Å²) in [5.41, 5.74) is 0.888. The largest absolute Gasteiger partial charge is 0.481 e. The SMILES string of the molecule is O=C(O)CCCCOC[C@@H]1[C@H](/C=C/C(O)c2ccccc2)[C@@H]2CC[C@H]1O2. The van der Waals surface area contributed by atoms with Gasteiger partial charge in [0.1, 0.15) is 0 Å². The highest BCUT2D eigenvalue weighted by Gasteiger charge is 2.47. The van der Waals surface area contributed by atoms with Gasteiger partial charge in [-0.15, -0.1) is 0 Å². The Morgan fingerprint density at radius 1 is 1.23 bits per heavy atom. The molecule has 2 fully saturated rings. The fraction of sp³-hybridized carbons (Fsp3) is 0.571. The summed E-state index contributed by atoms with van der Waals surface area (Å²) in [7, 11) is 0. The zero-order valence-corrected chi connectivity index (χ0v) is 15.0. The number of hydrogen-bond donors (Lipinski definition) is 2. The fourth-order valence-electron chi connectivity index (χ4n) is 3.99. The van der Waals surface area contributed by atoms with E-state index in [1.165, 1.54) is 0 Å². The summed E-state index contributed by atoms with van der Waals surface area (Å²) in [5.74, 6) is -0.174. The van der Waals surface area contributed by atoms with Crippen LogP contribution in [0.4, 0.5) is 0 Å². The molecule has 0 aromatic heterocycles. The van der Waals surface area contributed by atoms with Crippen LogP contribution in [0.25, 0.3) is 0 Å². The van der Waals surface area contributed by atoms with Crippen molar-refractivity contribution in [3.05, 3.63) is 48.0 Å². The Labute approximate surface area is 154 Å². The van der Waals surface area contributed by atoms with E-state index in [9.17, 15) is 9.90 Å². The molecule has 142 valence electrons. The molecule has 26 heavy (non-hydrogen) atoms. The molecule has 0 spiro atoms. The lowest BCUT2D eigenvalue weighted by atomic mass is 9.79. The normalized spacial score (nSPS) is 28.7. The van der Waals surface area contributed by atoms with Crippen LogP contribution >= 0.6 is 0 Å². The lowest BCUT2D eigenvalue weighted by molar-refractivity contribution is -0.137. The first-order valence-corrected chi connectivity index (χ1v) is 9.51. The molecule has 0 aliphatic carbocycles. The van der Waals surface area contributed by atoms with Gasteiger partial charge in [-0.05, 0) is 31.2 Å². The molecular weight excluding hydrogens is 332 g/mol. The van der Waals surface area contributed by atoms with Crippen LogP contribution in [0.1, 0.15) is 43.8 Å². The minimum absolute atomic E-state index is 0.198. The fourth-order valence-corrected chi connectivity index (χ4v) is 3.99. The van der Waals surface area contributed by atoms with E-state index in [2.05, 4.69) is 6.08 Å². The van der Waals surface area contributed by atoms with Gasteiger partial charge < -0.3 is 19.7 Å². The Morgan fingerprint density at radius 2 is 2.00 bits per heavy atom. The number of ether oxygens (including phenoxy) is 2. The molecule has 0 amide bonds. The average Bonchev–Trinajstić information content (AvgIpc) is 3.24. The van der Waals surface area contributed by atoms with Gasteiger partial charge in [-0.3, -0.25) is 4.79 Å². The summed E-state index contributed by atoms with van der Waals surface area (Å²) in [4.78, 5) is 10.5. The number of carboxylic acids is 1. The topological polar surface area (TPSA) is 76.0 Å². The van der Waals surface area contributed by atoms with Gasteiger partial charge in [0.05, 0.1) is 24.9 Å². The summed E-state index contributed by atoms with van der Waals surface area (Å²) < 4.78 is 11.9. The molecule has 0 radical (unpaired) electrons. The van der Waals surface area contributed by atoms with Crippen molar-refractivity contribution in [2.24, 2.45) is 11.8 Å². The molecule has 2 aliphatic heterocycles. The molecule has 5 nitrogen and oxygen atoms in total. The van der Waals surface area contributed by atoms with Gasteiger partial charge in [0.25, 0.3) is 0 Å². The lowest BCUT2D eigenvalue weighted by Gasteiger charge is -2.25. The molecule has 1 aromatic carbocycles. The predicted molar refractivity (Wildman–Crippen MR) is 97.7 cm³/mol. The van der Waals surface area contributed by atoms with Crippen LogP contribution in [0.3, 0.4) is 0 Å². The van der Waals surface area contributed by atoms with Gasteiger partial charge in [-0.25, -0.2) is 0 Å². The second-order valence-electron chi connectivity index (χ2n) is 7.20. The van der Waals surface area contributed by atoms with E-state index in [-0.39, 0.29) is 24.5 Å². The average molecular weight is 360 g/mol. The third kappa shape index (κ3) is 4.93. The van der Waals surface area contributed by atoms with Crippen molar-refractivity contribution in [3.63, 3.8) is 0 Å². The summed E-state index contributed by atoms with van der Waals surface area (Å²) in [6, 6.07) is 9.63. The number of aliphatic hydroxyl groups is 1. The van der Waals surface area contributed by atoms with E-state index in [4.69, 9.17) is 14.6 Å². The second-order valence-corrected chi connectivity index (χ2v) is 7.20. The number of aliphatic carboxylic acids is 1. The molecule has 1 unspecified atom stereocenters. The van der Waals surface area contributed by atoms with Crippen LogP contribution in [0.2, 0.25) is 0 Å². The van der Waals surface area contributed by atoms with Crippen LogP contribution < -0.4 is 0 Å². The molecule has 5 atom stereocenters. The van der Waals surface area contributed by atoms with E-state index in [1.807, 2.05) is 36.4 Å². The highest BCUT2D eigenvalue weighted by Crippen LogP contribution is 2.44. The predicted octanol–water partition coefficient (Wildman–Crippen LogP) is 3.34. The van der Waals surface area contributed by atoms with Crippen LogP contribution in [0, 0.1) is 11.8 Å². The smallest absolute Gasteiger partial charge is 0.303 e. The monoisotopic (exact) mass is 360 g/mol. The first kappa shape index (κ1) is 19.1. The maximum Gasteiger partial charge on any atom is 0.303 e. The third-order valence-electron chi connectivity index (χ3n) is 5.38. The number of hydrogen-bond acceptors (Lipinski definition) is 4. The van der Waals surface area contributed by atoms with Crippen molar-refractivity contribution >= 4 is 5.97 Å². The molecule has 2 aliphatic rings. The molecule has 5 heteroatoms. The van der Waals surface area contributed by atoms with Crippen molar-refractivity contribution in [1.29, 1.82) is 0 Å². The Bertz CT molecular complexity index is 600. The third-order valence-corrected chi connectivity index (χ3v) is 5.38. The molecule has 3 rings (SSSR count). The van der Waals surface area contributed by atoms with E-state index in [0.717, 1.165) is 24.8 Å². The van der Waals surface area contributed by atoms with Crippen molar-refractivity contribution in [2.45, 2.75) is 50.4 Å². The second kappa shape index (κ2) is 9.31. The molecule has 2 N–H and O–H groups in total. The van der Waals surface area contributed by atoms with Crippen molar-refractivity contribution in [2.75, 3.05) is 13.2 Å². The summed E-state index contributed by atoms with van der Waals surface area (Å²) >= 11 is 0. The van der Waals surface area contributed by atoms with Crippen molar-refractivity contribution in [3.8, 4) is 0 Å². The number of rotatable bonds is 10. The molecule has 2 heterocycles. The van der Waals surface area contributed by atoms with Gasteiger partial charge in [-0.2, -0.15) is 0 Å². The number of benzene rings is 1. The van der Waals surface area contributed by atoms with Crippen molar-refractivity contribution < 1.29 is 24.5 Å². The number of carbonyl (C=O) groups is 1. The van der Waals surface area contributed by atoms with E-state index in [0.29, 0.717) is 25.6 Å². The molecule has 2 bridgehead atoms. The highest BCUT2D eigenvalue weighted by molar-refractivity contribution is 5.66.